The first-order chi connectivity index (χ1) is 12.1. The molecule has 0 saturated carbocycles. The van der Waals surface area contributed by atoms with Crippen molar-refractivity contribution in [2.45, 2.75) is 24.4 Å². The molecule has 1 aliphatic rings. The van der Waals surface area contributed by atoms with Crippen LogP contribution in [0.1, 0.15) is 12.8 Å². The monoisotopic (exact) mass is 403 g/mol. The number of hydrogen-bond acceptors (Lipinski definition) is 5. The summed E-state index contributed by atoms with van der Waals surface area (Å²) in [5, 5.41) is 6.26. The Hall–Kier alpha value is -1.11. The molecule has 1 heterocycles. The number of rotatable bonds is 8. The van der Waals surface area contributed by atoms with Crippen LogP contribution in [0.2, 0.25) is 0 Å². The van der Waals surface area contributed by atoms with Crippen molar-refractivity contribution in [1.82, 2.24) is 19.8 Å². The number of guanidine groups is 1. The Balaban J connectivity index is 2.39. The van der Waals surface area contributed by atoms with Gasteiger partial charge in [-0.3, -0.25) is 4.99 Å². The average Bonchev–Trinajstić information content (AvgIpc) is 2.58. The third-order valence-electron chi connectivity index (χ3n) is 4.11. The largest absolute Gasteiger partial charge is 0.511 e. The van der Waals surface area contributed by atoms with Crippen molar-refractivity contribution in [3.63, 3.8) is 0 Å². The maximum atomic E-state index is 12.6. The van der Waals surface area contributed by atoms with Crippen LogP contribution in [0, 0.1) is 0 Å². The molecular formula is C14H28F3N5O3S. The summed E-state index contributed by atoms with van der Waals surface area (Å²) in [5.41, 5.74) is -5.25. The number of piperidine rings is 1. The summed E-state index contributed by atoms with van der Waals surface area (Å²) in [6.07, 6.45) is 0.563. The van der Waals surface area contributed by atoms with E-state index >= 15 is 0 Å². The molecule has 0 spiro atoms. The minimum Gasteiger partial charge on any atom is -0.383 e. The normalized spacial score (nSPS) is 18.3. The molecule has 0 aromatic carbocycles. The summed E-state index contributed by atoms with van der Waals surface area (Å²) >= 11 is 0. The molecule has 0 bridgehead atoms. The van der Waals surface area contributed by atoms with Crippen molar-refractivity contribution >= 4 is 16.0 Å². The van der Waals surface area contributed by atoms with Crippen LogP contribution in [-0.4, -0.2) is 95.7 Å². The third-order valence-corrected chi connectivity index (χ3v) is 5.74. The molecule has 0 aromatic heterocycles. The van der Waals surface area contributed by atoms with Gasteiger partial charge in [0.25, 0.3) is 0 Å². The molecule has 1 fully saturated rings. The van der Waals surface area contributed by atoms with Crippen LogP contribution in [0.5, 0.6) is 0 Å². The molecule has 1 rings (SSSR count). The van der Waals surface area contributed by atoms with Gasteiger partial charge >= 0.3 is 15.5 Å². The van der Waals surface area contributed by atoms with Gasteiger partial charge in [0, 0.05) is 52.9 Å². The highest BCUT2D eigenvalue weighted by molar-refractivity contribution is 7.90. The van der Waals surface area contributed by atoms with Gasteiger partial charge in [-0.2, -0.15) is 17.5 Å². The van der Waals surface area contributed by atoms with E-state index in [1.807, 2.05) is 7.05 Å². The zero-order chi connectivity index (χ0) is 19.8. The Kier molecular flexibility index (Phi) is 9.07. The van der Waals surface area contributed by atoms with E-state index in [0.29, 0.717) is 23.4 Å². The zero-order valence-electron chi connectivity index (χ0n) is 15.3. The Morgan fingerprint density at radius 2 is 1.92 bits per heavy atom. The van der Waals surface area contributed by atoms with Crippen LogP contribution >= 0.6 is 0 Å². The van der Waals surface area contributed by atoms with Crippen LogP contribution in [0.3, 0.4) is 0 Å². The number of alkyl halides is 3. The van der Waals surface area contributed by atoms with Crippen LogP contribution in [-0.2, 0) is 14.8 Å². The number of halogens is 3. The lowest BCUT2D eigenvalue weighted by atomic mass is 10.1. The fraction of sp³-hybridized carbons (Fsp3) is 0.929. The molecule has 1 aliphatic heterocycles. The second kappa shape index (κ2) is 10.3. The first kappa shape index (κ1) is 22.9. The Labute approximate surface area is 152 Å². The van der Waals surface area contributed by atoms with Gasteiger partial charge in [0.1, 0.15) is 0 Å². The second-order valence-electron chi connectivity index (χ2n) is 6.06. The van der Waals surface area contributed by atoms with Gasteiger partial charge in [-0.25, -0.2) is 8.42 Å². The Bertz CT molecular complexity index is 549. The lowest BCUT2D eigenvalue weighted by molar-refractivity contribution is -0.0494. The molecule has 0 aliphatic carbocycles. The lowest BCUT2D eigenvalue weighted by Gasteiger charge is -2.32. The highest BCUT2D eigenvalue weighted by Gasteiger charge is 2.50. The number of sulfonamides is 1. The number of nitrogens with one attached hydrogen (secondary N) is 2. The molecule has 0 unspecified atom stereocenters. The summed E-state index contributed by atoms with van der Waals surface area (Å²) in [4.78, 5) is 6.18. The minimum absolute atomic E-state index is 0.132. The highest BCUT2D eigenvalue weighted by Crippen LogP contribution is 2.28. The van der Waals surface area contributed by atoms with E-state index in [1.165, 1.54) is 0 Å². The van der Waals surface area contributed by atoms with Crippen molar-refractivity contribution in [2.24, 2.45) is 4.99 Å². The van der Waals surface area contributed by atoms with E-state index in [2.05, 4.69) is 20.5 Å². The van der Waals surface area contributed by atoms with Gasteiger partial charge in [-0.05, 0) is 19.9 Å². The van der Waals surface area contributed by atoms with E-state index in [1.54, 1.807) is 14.2 Å². The summed E-state index contributed by atoms with van der Waals surface area (Å²) in [5.74, 6) is 0.544. The van der Waals surface area contributed by atoms with E-state index in [-0.39, 0.29) is 32.0 Å². The Morgan fingerprint density at radius 1 is 1.31 bits per heavy atom. The van der Waals surface area contributed by atoms with Gasteiger partial charge in [-0.15, -0.1) is 0 Å². The fourth-order valence-corrected chi connectivity index (χ4v) is 3.48. The maximum Gasteiger partial charge on any atom is 0.511 e. The van der Waals surface area contributed by atoms with Gasteiger partial charge in [-0.1, -0.05) is 0 Å². The molecule has 0 amide bonds. The Morgan fingerprint density at radius 3 is 2.42 bits per heavy atom. The maximum absolute atomic E-state index is 12.6. The summed E-state index contributed by atoms with van der Waals surface area (Å²) < 4.78 is 66.0. The molecule has 1 saturated heterocycles. The predicted octanol–water partition coefficient (Wildman–Crippen LogP) is 0.0436. The summed E-state index contributed by atoms with van der Waals surface area (Å²) in [6, 6.07) is -0.132. The first-order valence-corrected chi connectivity index (χ1v) is 9.77. The molecule has 0 aromatic rings. The molecular weight excluding hydrogens is 375 g/mol. The average molecular weight is 403 g/mol. The standard InChI is InChI=1S/C14H28F3N5O3S/c1-18-13(19-6-9-21(2)10-11-25-3)20-12-4-7-22(8-5-12)26(23,24)14(15,16)17/h12H,4-11H2,1-3H3,(H2,18,19,20). The number of ether oxygens (including phenoxy) is 1. The number of methoxy groups -OCH3 is 1. The molecule has 0 atom stereocenters. The molecule has 12 heteroatoms. The SMILES string of the molecule is CN=C(NCCN(C)CCOC)NC1CCN(S(=O)(=O)C(F)(F)F)CC1. The number of likely N-dealkylation sites (N-methyl/N-ethyl adjacent to an activating group) is 1. The molecule has 8 nitrogen and oxygen atoms in total. The van der Waals surface area contributed by atoms with E-state index in [9.17, 15) is 21.6 Å². The smallest absolute Gasteiger partial charge is 0.383 e. The molecule has 154 valence electrons. The molecule has 2 N–H and O–H groups in total. The van der Waals surface area contributed by atoms with E-state index < -0.39 is 15.5 Å². The topological polar surface area (TPSA) is 86.3 Å². The van der Waals surface area contributed by atoms with E-state index in [4.69, 9.17) is 4.74 Å². The lowest BCUT2D eigenvalue weighted by Crippen LogP contribution is -2.52. The molecule has 0 radical (unpaired) electrons. The van der Waals surface area contributed by atoms with Crippen molar-refractivity contribution < 1.29 is 26.3 Å². The predicted molar refractivity (Wildman–Crippen MR) is 93.4 cm³/mol. The fourth-order valence-electron chi connectivity index (χ4n) is 2.50. The summed E-state index contributed by atoms with van der Waals surface area (Å²) in [6.45, 7) is 2.51. The van der Waals surface area contributed by atoms with Gasteiger partial charge < -0.3 is 20.3 Å². The minimum atomic E-state index is -5.25. The van der Waals surface area contributed by atoms with E-state index in [0.717, 1.165) is 13.1 Å². The van der Waals surface area contributed by atoms with Crippen LogP contribution in [0.4, 0.5) is 13.2 Å². The van der Waals surface area contributed by atoms with Crippen LogP contribution < -0.4 is 10.6 Å². The highest BCUT2D eigenvalue weighted by atomic mass is 32.2. The molecule has 26 heavy (non-hydrogen) atoms. The number of hydrogen-bond donors (Lipinski definition) is 2. The van der Waals surface area contributed by atoms with Gasteiger partial charge in [0.2, 0.25) is 0 Å². The van der Waals surface area contributed by atoms with Crippen molar-refractivity contribution in [1.29, 1.82) is 0 Å². The van der Waals surface area contributed by atoms with Crippen molar-refractivity contribution in [2.75, 3.05) is 60.5 Å². The van der Waals surface area contributed by atoms with Crippen LogP contribution in [0.25, 0.3) is 0 Å². The summed E-state index contributed by atoms with van der Waals surface area (Å²) in [7, 11) is -0.0321. The van der Waals surface area contributed by atoms with Gasteiger partial charge in [0.05, 0.1) is 6.61 Å². The number of aliphatic imine (C=N–C) groups is 1. The third kappa shape index (κ3) is 6.89. The van der Waals surface area contributed by atoms with Crippen molar-refractivity contribution in [3.8, 4) is 0 Å². The van der Waals surface area contributed by atoms with Crippen LogP contribution in [0.15, 0.2) is 4.99 Å². The first-order valence-electron chi connectivity index (χ1n) is 8.33. The second-order valence-corrected chi connectivity index (χ2v) is 7.99. The van der Waals surface area contributed by atoms with Gasteiger partial charge in [0.15, 0.2) is 5.96 Å². The van der Waals surface area contributed by atoms with Crippen molar-refractivity contribution in [3.05, 3.63) is 0 Å². The quantitative estimate of drug-likeness (QED) is 0.440. The zero-order valence-corrected chi connectivity index (χ0v) is 16.2. The number of nitrogens with zero attached hydrogens (tertiary/aromatic N) is 3.